The molecule has 0 aliphatic rings. The van der Waals surface area contributed by atoms with E-state index < -0.39 is 0 Å². The number of Topliss-reactive ketones (excluding diaryl/α,β-unsaturated/α-hetero) is 1. The van der Waals surface area contributed by atoms with Crippen molar-refractivity contribution >= 4 is 5.78 Å². The summed E-state index contributed by atoms with van der Waals surface area (Å²) in [6.45, 7) is 5.74. The summed E-state index contributed by atoms with van der Waals surface area (Å²) in [7, 11) is 2.75. The van der Waals surface area contributed by atoms with E-state index in [1.54, 1.807) is 0 Å². The van der Waals surface area contributed by atoms with Gasteiger partial charge in [0.05, 0.1) is 0 Å². The summed E-state index contributed by atoms with van der Waals surface area (Å²) < 4.78 is 0. The second-order valence-corrected chi connectivity index (χ2v) is 2.08. The largest absolute Gasteiger partial charge is 2.00 e. The summed E-state index contributed by atoms with van der Waals surface area (Å²) in [5.41, 5.74) is 9.49. The fourth-order valence-corrected chi connectivity index (χ4v) is 0.472. The predicted octanol–water partition coefficient (Wildman–Crippen LogP) is 0.109. The number of hydrogen-bond acceptors (Lipinski definition) is 3. The molecule has 4 N–H and O–H groups in total. The summed E-state index contributed by atoms with van der Waals surface area (Å²) in [6.07, 6.45) is 0.510. The van der Waals surface area contributed by atoms with Crippen molar-refractivity contribution in [1.82, 2.24) is 0 Å². The molecule has 66 valence electrons. The SMILES string of the molecule is [CH2-]C(=O)CC(C)CN.[CH2-]N.[W+2]. The van der Waals surface area contributed by atoms with Crippen molar-refractivity contribution in [2.75, 3.05) is 6.54 Å². The number of rotatable bonds is 3. The summed E-state index contributed by atoms with van der Waals surface area (Å²) >= 11 is 0. The Hall–Kier alpha value is 0.148. The first-order chi connectivity index (χ1) is 4.66. The third kappa shape index (κ3) is 17.8. The molecule has 0 fully saturated rings. The van der Waals surface area contributed by atoms with Gasteiger partial charge < -0.3 is 23.2 Å². The van der Waals surface area contributed by atoms with E-state index >= 15 is 0 Å². The topological polar surface area (TPSA) is 69.1 Å². The van der Waals surface area contributed by atoms with E-state index in [4.69, 9.17) is 5.73 Å². The van der Waals surface area contributed by atoms with E-state index in [-0.39, 0.29) is 26.8 Å². The second-order valence-electron chi connectivity index (χ2n) is 2.08. The van der Waals surface area contributed by atoms with Crippen LogP contribution in [0.4, 0.5) is 0 Å². The maximum atomic E-state index is 10.2. The summed E-state index contributed by atoms with van der Waals surface area (Å²) in [5.74, 6) is 0.267. The van der Waals surface area contributed by atoms with Crippen molar-refractivity contribution in [2.24, 2.45) is 17.4 Å². The molecule has 4 heteroatoms. The van der Waals surface area contributed by atoms with Crippen LogP contribution in [0, 0.1) is 19.9 Å². The molecule has 0 aromatic carbocycles. The molecule has 0 aliphatic carbocycles. The van der Waals surface area contributed by atoms with Gasteiger partial charge >= 0.3 is 21.1 Å². The molecule has 0 bridgehead atoms. The molecule has 0 aliphatic heterocycles. The fourth-order valence-electron chi connectivity index (χ4n) is 0.472. The third-order valence-electron chi connectivity index (χ3n) is 0.979. The van der Waals surface area contributed by atoms with E-state index in [0.29, 0.717) is 18.9 Å². The maximum absolute atomic E-state index is 10.2. The molecule has 0 saturated heterocycles. The average Bonchev–Trinajstić information content (AvgIpc) is 1.91. The summed E-state index contributed by atoms with van der Waals surface area (Å²) in [5, 5.41) is 0. The summed E-state index contributed by atoms with van der Waals surface area (Å²) in [6, 6.07) is 0. The minimum absolute atomic E-state index is 0. The first-order valence-corrected chi connectivity index (χ1v) is 3.12. The average molecular weight is 328 g/mol. The van der Waals surface area contributed by atoms with Gasteiger partial charge in [0.2, 0.25) is 0 Å². The van der Waals surface area contributed by atoms with Crippen LogP contribution in [-0.2, 0) is 25.9 Å². The van der Waals surface area contributed by atoms with E-state index in [1.165, 1.54) is 0 Å². The van der Waals surface area contributed by atoms with Crippen molar-refractivity contribution in [3.8, 4) is 0 Å². The van der Waals surface area contributed by atoms with Crippen LogP contribution < -0.4 is 11.5 Å². The zero-order chi connectivity index (χ0) is 8.57. The Morgan fingerprint density at radius 3 is 2.00 bits per heavy atom. The number of carbonyl (C=O) groups is 1. The molecule has 1 unspecified atom stereocenters. The van der Waals surface area contributed by atoms with Crippen molar-refractivity contribution < 1.29 is 25.9 Å². The molecular formula is C7H16N2OW. The molecule has 0 saturated carbocycles. The number of nitrogens with two attached hydrogens (primary N) is 2. The summed E-state index contributed by atoms with van der Waals surface area (Å²) in [4.78, 5) is 10.2. The van der Waals surface area contributed by atoms with E-state index in [0.717, 1.165) is 0 Å². The van der Waals surface area contributed by atoms with E-state index in [9.17, 15) is 4.79 Å². The molecule has 0 aromatic rings. The monoisotopic (exact) mass is 328 g/mol. The van der Waals surface area contributed by atoms with Gasteiger partial charge in [-0.1, -0.05) is 6.92 Å². The van der Waals surface area contributed by atoms with Crippen LogP contribution >= 0.6 is 0 Å². The number of hydrogen-bond donors (Lipinski definition) is 2. The van der Waals surface area contributed by atoms with Crippen molar-refractivity contribution in [3.05, 3.63) is 14.0 Å². The van der Waals surface area contributed by atoms with Crippen LogP contribution in [0.1, 0.15) is 13.3 Å². The molecule has 0 spiro atoms. The molecule has 0 amide bonds. The van der Waals surface area contributed by atoms with Gasteiger partial charge in [0.15, 0.2) is 0 Å². The van der Waals surface area contributed by atoms with Gasteiger partial charge in [-0.25, -0.2) is 0 Å². The van der Waals surface area contributed by atoms with Gasteiger partial charge in [0.1, 0.15) is 0 Å². The molecular weight excluding hydrogens is 312 g/mol. The molecule has 0 heterocycles. The zero-order valence-electron chi connectivity index (χ0n) is 6.88. The normalized spacial score (nSPS) is 10.2. The van der Waals surface area contributed by atoms with Gasteiger partial charge in [-0.2, -0.15) is 0 Å². The van der Waals surface area contributed by atoms with Crippen molar-refractivity contribution in [1.29, 1.82) is 0 Å². The molecule has 0 aromatic heterocycles. The van der Waals surface area contributed by atoms with Gasteiger partial charge in [0.25, 0.3) is 0 Å². The fraction of sp³-hybridized carbons (Fsp3) is 0.571. The van der Waals surface area contributed by atoms with E-state index in [2.05, 4.69) is 19.7 Å². The Morgan fingerprint density at radius 2 is 1.91 bits per heavy atom. The second kappa shape index (κ2) is 12.8. The number of ketones is 1. The van der Waals surface area contributed by atoms with Crippen LogP contribution in [0.2, 0.25) is 0 Å². The predicted molar refractivity (Wildman–Crippen MR) is 42.7 cm³/mol. The zero-order valence-corrected chi connectivity index (χ0v) is 9.81. The van der Waals surface area contributed by atoms with Gasteiger partial charge in [0, 0.05) is 0 Å². The Labute approximate surface area is 83.2 Å². The molecule has 0 radical (unpaired) electrons. The maximum Gasteiger partial charge on any atom is 2.00 e. The van der Waals surface area contributed by atoms with E-state index in [1.807, 2.05) is 6.92 Å². The van der Waals surface area contributed by atoms with Gasteiger partial charge in [-0.3, -0.25) is 7.05 Å². The van der Waals surface area contributed by atoms with Crippen LogP contribution in [0.3, 0.4) is 0 Å². The molecule has 0 rings (SSSR count). The quantitative estimate of drug-likeness (QED) is 0.723. The van der Waals surface area contributed by atoms with Crippen LogP contribution in [0.15, 0.2) is 0 Å². The molecule has 3 nitrogen and oxygen atoms in total. The number of carbonyl (C=O) groups excluding carboxylic acids is 1. The molecule has 1 atom stereocenters. The minimum atomic E-state index is -0.0250. The minimum Gasteiger partial charge on any atom is -0.486 e. The standard InChI is InChI=1S/C6H12NO.CH4N.W/c1-5(4-7)3-6(2)8;1-2;/h5H,2-4,7H2,1H3;1-2H2;/q2*-1;+2. The van der Waals surface area contributed by atoms with Gasteiger partial charge in [-0.15, -0.1) is 0 Å². The molecule has 11 heavy (non-hydrogen) atoms. The Kier molecular flexibility index (Phi) is 20.1. The smallest absolute Gasteiger partial charge is 0.486 e. The Bertz CT molecular complexity index is 88.5. The Balaban J connectivity index is -0.000000196. The third-order valence-corrected chi connectivity index (χ3v) is 0.979. The Morgan fingerprint density at radius 1 is 1.55 bits per heavy atom. The first-order valence-electron chi connectivity index (χ1n) is 3.12. The van der Waals surface area contributed by atoms with Crippen molar-refractivity contribution in [2.45, 2.75) is 13.3 Å². The van der Waals surface area contributed by atoms with Crippen molar-refractivity contribution in [3.63, 3.8) is 0 Å². The van der Waals surface area contributed by atoms with Gasteiger partial charge in [-0.05, 0) is 24.7 Å². The van der Waals surface area contributed by atoms with Crippen LogP contribution in [0.5, 0.6) is 0 Å². The first kappa shape index (κ1) is 17.3. The van der Waals surface area contributed by atoms with Crippen LogP contribution in [0.25, 0.3) is 0 Å². The van der Waals surface area contributed by atoms with Crippen LogP contribution in [-0.4, -0.2) is 12.3 Å².